The molecule has 0 aliphatic heterocycles. The van der Waals surface area contributed by atoms with Crippen LogP contribution in [0.4, 0.5) is 0 Å². The van der Waals surface area contributed by atoms with Gasteiger partial charge in [-0.2, -0.15) is 0 Å². The maximum Gasteiger partial charge on any atom is 0.223 e. The summed E-state index contributed by atoms with van der Waals surface area (Å²) >= 11 is 0. The van der Waals surface area contributed by atoms with E-state index in [1.807, 2.05) is 51.1 Å². The lowest BCUT2D eigenvalue weighted by molar-refractivity contribution is -0.129. The first-order chi connectivity index (χ1) is 11.8. The van der Waals surface area contributed by atoms with Crippen molar-refractivity contribution in [2.24, 2.45) is 17.6 Å². The minimum atomic E-state index is -0.576. The first kappa shape index (κ1) is 19.9. The van der Waals surface area contributed by atoms with Gasteiger partial charge in [-0.25, -0.2) is 0 Å². The molecule has 4 nitrogen and oxygen atoms in total. The number of carbonyl (C=O) groups is 1. The van der Waals surface area contributed by atoms with Crippen molar-refractivity contribution in [3.05, 3.63) is 35.9 Å². The molecule has 1 aromatic rings. The summed E-state index contributed by atoms with van der Waals surface area (Å²) in [6.07, 6.45) is 4.82. The zero-order valence-electron chi connectivity index (χ0n) is 15.9. The first-order valence-electron chi connectivity index (χ1n) is 9.56. The zero-order valence-corrected chi connectivity index (χ0v) is 15.9. The van der Waals surface area contributed by atoms with Crippen molar-refractivity contribution in [2.75, 3.05) is 0 Å². The van der Waals surface area contributed by atoms with Gasteiger partial charge in [0.1, 0.15) is 0 Å². The molecule has 0 radical (unpaired) electrons. The summed E-state index contributed by atoms with van der Waals surface area (Å²) in [5.74, 6) is 0.334. The molecule has 2 rings (SSSR count). The van der Waals surface area contributed by atoms with Crippen LogP contribution in [-0.4, -0.2) is 28.7 Å². The van der Waals surface area contributed by atoms with Crippen LogP contribution < -0.4 is 11.1 Å². The van der Waals surface area contributed by atoms with E-state index in [1.54, 1.807) is 0 Å². The van der Waals surface area contributed by atoms with Crippen molar-refractivity contribution in [3.8, 4) is 0 Å². The fraction of sp³-hybridized carbons (Fsp3) is 0.667. The molecule has 0 spiro atoms. The quantitative estimate of drug-likeness (QED) is 0.741. The summed E-state index contributed by atoms with van der Waals surface area (Å²) in [5.41, 5.74) is 7.16. The first-order valence-corrected chi connectivity index (χ1v) is 9.56. The van der Waals surface area contributed by atoms with Crippen molar-refractivity contribution in [3.63, 3.8) is 0 Å². The summed E-state index contributed by atoms with van der Waals surface area (Å²) in [4.78, 5) is 12.6. The Balaban J connectivity index is 1.94. The van der Waals surface area contributed by atoms with Gasteiger partial charge in [-0.1, -0.05) is 43.2 Å². The van der Waals surface area contributed by atoms with Crippen molar-refractivity contribution < 1.29 is 9.90 Å². The van der Waals surface area contributed by atoms with E-state index in [4.69, 9.17) is 5.73 Å². The van der Waals surface area contributed by atoms with Crippen LogP contribution in [0.15, 0.2) is 30.3 Å². The average Bonchev–Trinajstić information content (AvgIpc) is 2.54. The normalized spacial score (nSPS) is 23.7. The third-order valence-corrected chi connectivity index (χ3v) is 5.10. The van der Waals surface area contributed by atoms with Gasteiger partial charge in [-0.15, -0.1) is 0 Å². The second-order valence-electron chi connectivity index (χ2n) is 8.55. The number of nitrogens with two attached hydrogens (primary N) is 1. The fourth-order valence-electron chi connectivity index (χ4n) is 3.80. The number of rotatable bonds is 6. The Morgan fingerprint density at radius 1 is 1.24 bits per heavy atom. The van der Waals surface area contributed by atoms with Gasteiger partial charge in [0.05, 0.1) is 6.10 Å². The molecule has 25 heavy (non-hydrogen) atoms. The standard InChI is InChI=1S/C21H34N2O2/c1-21(2,3)23-20(25)17-12-8-7-11-16(17)14-19(24)18(22)13-15-9-5-4-6-10-15/h4-6,9-10,16-19,24H,7-8,11-14,22H2,1-3H3,(H,23,25)/t16-,17+,18-,19+/m0/s1. The Morgan fingerprint density at radius 3 is 2.52 bits per heavy atom. The van der Waals surface area contributed by atoms with Gasteiger partial charge in [-0.3, -0.25) is 4.79 Å². The Kier molecular flexibility index (Phi) is 7.03. The summed E-state index contributed by atoms with van der Waals surface area (Å²) in [6, 6.07) is 9.73. The number of hydrogen-bond donors (Lipinski definition) is 3. The molecule has 0 bridgehead atoms. The molecular weight excluding hydrogens is 312 g/mol. The minimum absolute atomic E-state index is 0.00782. The monoisotopic (exact) mass is 346 g/mol. The predicted octanol–water partition coefficient (Wildman–Crippen LogP) is 3.03. The summed E-state index contributed by atoms with van der Waals surface area (Å²) in [6.45, 7) is 6.02. The number of aliphatic hydroxyl groups is 1. The van der Waals surface area contributed by atoms with Gasteiger partial charge in [0.2, 0.25) is 5.91 Å². The maximum atomic E-state index is 12.6. The van der Waals surface area contributed by atoms with Crippen LogP contribution in [0.3, 0.4) is 0 Å². The van der Waals surface area contributed by atoms with E-state index in [9.17, 15) is 9.90 Å². The Hall–Kier alpha value is -1.39. The molecule has 0 aromatic heterocycles. The highest BCUT2D eigenvalue weighted by molar-refractivity contribution is 5.79. The smallest absolute Gasteiger partial charge is 0.223 e. The lowest BCUT2D eigenvalue weighted by Crippen LogP contribution is -2.47. The van der Waals surface area contributed by atoms with Gasteiger partial charge >= 0.3 is 0 Å². The number of amides is 1. The Bertz CT molecular complexity index is 539. The van der Waals surface area contributed by atoms with Crippen molar-refractivity contribution in [2.45, 2.75) is 77.0 Å². The highest BCUT2D eigenvalue weighted by Crippen LogP contribution is 2.34. The number of aliphatic hydroxyl groups excluding tert-OH is 1. The predicted molar refractivity (Wildman–Crippen MR) is 102 cm³/mol. The fourth-order valence-corrected chi connectivity index (χ4v) is 3.80. The maximum absolute atomic E-state index is 12.6. The van der Waals surface area contributed by atoms with E-state index in [0.29, 0.717) is 12.8 Å². The molecule has 4 N–H and O–H groups in total. The van der Waals surface area contributed by atoms with Gasteiger partial charge in [0, 0.05) is 17.5 Å². The summed E-state index contributed by atoms with van der Waals surface area (Å²) in [7, 11) is 0. The molecule has 4 atom stereocenters. The topological polar surface area (TPSA) is 75.3 Å². The third-order valence-electron chi connectivity index (χ3n) is 5.10. The van der Waals surface area contributed by atoms with Crippen LogP contribution in [0.1, 0.15) is 58.4 Å². The van der Waals surface area contributed by atoms with Gasteiger partial charge < -0.3 is 16.2 Å². The van der Waals surface area contributed by atoms with E-state index in [-0.39, 0.29) is 29.3 Å². The van der Waals surface area contributed by atoms with E-state index >= 15 is 0 Å². The SMILES string of the molecule is CC(C)(C)NC(=O)[C@@H]1CCCC[C@H]1C[C@@H](O)[C@@H](N)Cc1ccccc1. The number of benzene rings is 1. The molecule has 1 aliphatic carbocycles. The zero-order chi connectivity index (χ0) is 18.4. The Labute approximate surface area is 152 Å². The van der Waals surface area contributed by atoms with Gasteiger partial charge in [0.15, 0.2) is 0 Å². The van der Waals surface area contributed by atoms with E-state index in [0.717, 1.165) is 31.2 Å². The molecule has 1 fully saturated rings. The van der Waals surface area contributed by atoms with Crippen LogP contribution in [0.5, 0.6) is 0 Å². The second-order valence-corrected chi connectivity index (χ2v) is 8.55. The van der Waals surface area contributed by atoms with E-state index in [2.05, 4.69) is 5.32 Å². The van der Waals surface area contributed by atoms with Crippen molar-refractivity contribution in [1.29, 1.82) is 0 Å². The summed E-state index contributed by atoms with van der Waals surface area (Å²) < 4.78 is 0. The lowest BCUT2D eigenvalue weighted by atomic mass is 9.75. The molecule has 4 heteroatoms. The largest absolute Gasteiger partial charge is 0.391 e. The molecule has 1 aromatic carbocycles. The lowest BCUT2D eigenvalue weighted by Gasteiger charge is -2.35. The molecule has 0 heterocycles. The Morgan fingerprint density at radius 2 is 1.88 bits per heavy atom. The minimum Gasteiger partial charge on any atom is -0.391 e. The highest BCUT2D eigenvalue weighted by Gasteiger charge is 2.34. The average molecular weight is 347 g/mol. The van der Waals surface area contributed by atoms with Crippen LogP contribution in [0.25, 0.3) is 0 Å². The molecule has 0 saturated heterocycles. The molecule has 140 valence electrons. The summed E-state index contributed by atoms with van der Waals surface area (Å²) in [5, 5.41) is 13.7. The van der Waals surface area contributed by atoms with E-state index in [1.165, 1.54) is 0 Å². The second kappa shape index (κ2) is 8.81. The number of carbonyl (C=O) groups excluding carboxylic acids is 1. The van der Waals surface area contributed by atoms with Crippen molar-refractivity contribution >= 4 is 5.91 Å². The van der Waals surface area contributed by atoms with Crippen LogP contribution in [-0.2, 0) is 11.2 Å². The third kappa shape index (κ3) is 6.44. The number of hydrogen-bond acceptors (Lipinski definition) is 3. The highest BCUT2D eigenvalue weighted by atomic mass is 16.3. The van der Waals surface area contributed by atoms with Crippen molar-refractivity contribution in [1.82, 2.24) is 5.32 Å². The van der Waals surface area contributed by atoms with Gasteiger partial charge in [-0.05, 0) is 57.9 Å². The van der Waals surface area contributed by atoms with Crippen LogP contribution in [0.2, 0.25) is 0 Å². The molecule has 1 saturated carbocycles. The van der Waals surface area contributed by atoms with E-state index < -0.39 is 6.10 Å². The molecule has 1 amide bonds. The van der Waals surface area contributed by atoms with Crippen LogP contribution >= 0.6 is 0 Å². The molecule has 0 unspecified atom stereocenters. The number of nitrogens with one attached hydrogen (secondary N) is 1. The van der Waals surface area contributed by atoms with Gasteiger partial charge in [0.25, 0.3) is 0 Å². The molecule has 1 aliphatic rings. The van der Waals surface area contributed by atoms with Crippen LogP contribution in [0, 0.1) is 11.8 Å². The molecular formula is C21H34N2O2.